The van der Waals surface area contributed by atoms with Crippen LogP contribution in [0, 0.1) is 0 Å². The number of ether oxygens (including phenoxy) is 2. The minimum Gasteiger partial charge on any atom is -0.375 e. The summed E-state index contributed by atoms with van der Waals surface area (Å²) in [6.07, 6.45) is -0.158. The first-order chi connectivity index (χ1) is 12.1. The van der Waals surface area contributed by atoms with Gasteiger partial charge in [-0.05, 0) is 34.8 Å². The second-order valence-corrected chi connectivity index (χ2v) is 6.46. The summed E-state index contributed by atoms with van der Waals surface area (Å²) in [4.78, 5) is 0. The molecule has 1 aromatic carbocycles. The summed E-state index contributed by atoms with van der Waals surface area (Å²) in [7, 11) is 0. The Morgan fingerprint density at radius 2 is 2.28 bits per heavy atom. The Kier molecular flexibility index (Phi) is 4.34. The smallest absolute Gasteiger partial charge is 0.199 e. The number of fused-ring (bicyclic) bond motifs is 2. The van der Waals surface area contributed by atoms with Gasteiger partial charge in [-0.15, -0.1) is 5.10 Å². The van der Waals surface area contributed by atoms with Crippen molar-refractivity contribution in [2.75, 3.05) is 6.61 Å². The molecule has 1 aromatic heterocycles. The number of hydrogen-bond donors (Lipinski definition) is 2. The number of benzene rings is 1. The Balaban J connectivity index is 1.68. The van der Waals surface area contributed by atoms with E-state index in [1.54, 1.807) is 10.7 Å². The van der Waals surface area contributed by atoms with Crippen LogP contribution >= 0.6 is 23.8 Å². The van der Waals surface area contributed by atoms with Crippen LogP contribution in [-0.4, -0.2) is 50.0 Å². The summed E-state index contributed by atoms with van der Waals surface area (Å²) in [5.74, 6) is 0.561. The molecule has 25 heavy (non-hydrogen) atoms. The van der Waals surface area contributed by atoms with Crippen molar-refractivity contribution < 1.29 is 9.47 Å². The standard InChI is InChI=1S/C14H14ClN7O2S/c15-8-4-2-1-3-7(8)12-18-20-21-22(12)10-5-9(17-19-14(16)25)13-23-6-11(10)24-13/h1-4,10-11,13H,5-6H2,(H3,16,19,25)/b17-9-/t10-,11+,13-/m1/s1. The van der Waals surface area contributed by atoms with Gasteiger partial charge in [0.05, 0.1) is 23.4 Å². The lowest BCUT2D eigenvalue weighted by Gasteiger charge is -2.28. The zero-order chi connectivity index (χ0) is 17.4. The summed E-state index contributed by atoms with van der Waals surface area (Å²) in [5.41, 5.74) is 9.40. The monoisotopic (exact) mass is 379 g/mol. The summed E-state index contributed by atoms with van der Waals surface area (Å²) in [5, 5.41) is 16.9. The van der Waals surface area contributed by atoms with Gasteiger partial charge in [0, 0.05) is 12.0 Å². The highest BCUT2D eigenvalue weighted by Gasteiger charge is 2.44. The average molecular weight is 380 g/mol. The van der Waals surface area contributed by atoms with Crippen LogP contribution in [-0.2, 0) is 9.47 Å². The molecule has 2 bridgehead atoms. The number of nitrogens with one attached hydrogen (secondary N) is 1. The molecule has 3 N–H and O–H groups in total. The lowest BCUT2D eigenvalue weighted by Crippen LogP contribution is -2.39. The SMILES string of the molecule is NC(=S)N/N=C1/C[C@@H](n2nnnc2-c2ccccc2Cl)[C@@H]2CO[C@@H]1O2. The van der Waals surface area contributed by atoms with Gasteiger partial charge in [-0.25, -0.2) is 4.68 Å². The molecule has 3 heterocycles. The molecule has 0 amide bonds. The number of nitrogens with zero attached hydrogens (tertiary/aromatic N) is 5. The van der Waals surface area contributed by atoms with Crippen LogP contribution in [0.5, 0.6) is 0 Å². The lowest BCUT2D eigenvalue weighted by molar-refractivity contribution is -0.0320. The molecule has 4 rings (SSSR count). The molecule has 2 aliphatic rings. The molecule has 0 radical (unpaired) electrons. The van der Waals surface area contributed by atoms with Gasteiger partial charge in [0.25, 0.3) is 0 Å². The van der Waals surface area contributed by atoms with Crippen LogP contribution in [0.3, 0.4) is 0 Å². The molecule has 0 spiro atoms. The fraction of sp³-hybridized carbons (Fsp3) is 0.357. The van der Waals surface area contributed by atoms with Gasteiger partial charge in [-0.3, -0.25) is 5.43 Å². The molecule has 2 aromatic rings. The molecule has 0 aliphatic carbocycles. The van der Waals surface area contributed by atoms with Gasteiger partial charge >= 0.3 is 0 Å². The number of hydrazone groups is 1. The van der Waals surface area contributed by atoms with Crippen molar-refractivity contribution in [3.63, 3.8) is 0 Å². The van der Waals surface area contributed by atoms with Crippen LogP contribution < -0.4 is 11.2 Å². The molecule has 0 saturated carbocycles. The first kappa shape index (κ1) is 16.3. The van der Waals surface area contributed by atoms with Gasteiger partial charge in [0.2, 0.25) is 0 Å². The quantitative estimate of drug-likeness (QED) is 0.596. The molecule has 2 fully saturated rings. The maximum absolute atomic E-state index is 6.29. The Morgan fingerprint density at radius 1 is 1.44 bits per heavy atom. The number of aromatic nitrogens is 4. The van der Waals surface area contributed by atoms with Gasteiger partial charge in [0.15, 0.2) is 17.2 Å². The van der Waals surface area contributed by atoms with E-state index in [1.807, 2.05) is 18.2 Å². The number of hydrogen-bond acceptors (Lipinski definition) is 7. The first-order valence-electron chi connectivity index (χ1n) is 7.55. The minimum absolute atomic E-state index is 0.0725. The van der Waals surface area contributed by atoms with Gasteiger partial charge in [0.1, 0.15) is 6.10 Å². The number of halogens is 1. The summed E-state index contributed by atoms with van der Waals surface area (Å²) >= 11 is 11.1. The van der Waals surface area contributed by atoms with Gasteiger partial charge in [-0.1, -0.05) is 23.7 Å². The maximum Gasteiger partial charge on any atom is 0.199 e. The highest BCUT2D eigenvalue weighted by Crippen LogP contribution is 2.36. The topological polar surface area (TPSA) is 112 Å². The highest BCUT2D eigenvalue weighted by atomic mass is 35.5. The van der Waals surface area contributed by atoms with Crippen molar-refractivity contribution >= 4 is 34.6 Å². The second kappa shape index (κ2) is 6.64. The van der Waals surface area contributed by atoms with Gasteiger partial charge < -0.3 is 15.2 Å². The normalized spacial score (nSPS) is 26.8. The highest BCUT2D eigenvalue weighted by molar-refractivity contribution is 7.80. The van der Waals surface area contributed by atoms with E-state index in [2.05, 4.69) is 26.1 Å². The zero-order valence-corrected chi connectivity index (χ0v) is 14.4. The van der Waals surface area contributed by atoms with Gasteiger partial charge in [-0.2, -0.15) is 5.10 Å². The molecule has 2 aliphatic heterocycles. The molecular weight excluding hydrogens is 366 g/mol. The Bertz CT molecular complexity index is 842. The Hall–Kier alpha value is -2.14. The molecule has 0 unspecified atom stereocenters. The first-order valence-corrected chi connectivity index (χ1v) is 8.34. The van der Waals surface area contributed by atoms with E-state index < -0.39 is 6.29 Å². The van der Waals surface area contributed by atoms with Crippen molar-refractivity contribution in [2.24, 2.45) is 10.8 Å². The number of thiocarbonyl (C=S) groups is 1. The predicted molar refractivity (Wildman–Crippen MR) is 93.9 cm³/mol. The molecule has 2 saturated heterocycles. The third-order valence-corrected chi connectivity index (χ3v) is 4.48. The van der Waals surface area contributed by atoms with E-state index >= 15 is 0 Å². The zero-order valence-electron chi connectivity index (χ0n) is 12.9. The number of tetrazole rings is 1. The Morgan fingerprint density at radius 3 is 3.08 bits per heavy atom. The Labute approximate surface area is 153 Å². The summed E-state index contributed by atoms with van der Waals surface area (Å²) in [6, 6.07) is 7.20. The van der Waals surface area contributed by atoms with Crippen LogP contribution in [0.25, 0.3) is 11.4 Å². The van der Waals surface area contributed by atoms with Crippen molar-refractivity contribution in [3.8, 4) is 11.4 Å². The lowest BCUT2D eigenvalue weighted by atomic mass is 10.0. The van der Waals surface area contributed by atoms with E-state index in [4.69, 9.17) is 39.0 Å². The third kappa shape index (κ3) is 3.09. The largest absolute Gasteiger partial charge is 0.375 e. The van der Waals surface area contributed by atoms with E-state index in [0.29, 0.717) is 29.6 Å². The average Bonchev–Trinajstić information content (AvgIpc) is 3.23. The van der Waals surface area contributed by atoms with E-state index in [-0.39, 0.29) is 17.3 Å². The van der Waals surface area contributed by atoms with Crippen LogP contribution in [0.15, 0.2) is 29.4 Å². The van der Waals surface area contributed by atoms with Crippen LogP contribution in [0.1, 0.15) is 12.5 Å². The summed E-state index contributed by atoms with van der Waals surface area (Å²) < 4.78 is 13.2. The molecule has 130 valence electrons. The summed E-state index contributed by atoms with van der Waals surface area (Å²) in [6.45, 7) is 0.420. The van der Waals surface area contributed by atoms with Crippen molar-refractivity contribution in [1.29, 1.82) is 0 Å². The minimum atomic E-state index is -0.511. The van der Waals surface area contributed by atoms with Crippen LogP contribution in [0.4, 0.5) is 0 Å². The number of rotatable bonds is 3. The maximum atomic E-state index is 6.29. The predicted octanol–water partition coefficient (Wildman–Crippen LogP) is 0.869. The molecular formula is C14H14ClN7O2S. The van der Waals surface area contributed by atoms with Crippen LogP contribution in [0.2, 0.25) is 5.02 Å². The third-order valence-electron chi connectivity index (χ3n) is 4.06. The van der Waals surface area contributed by atoms with E-state index in [9.17, 15) is 0 Å². The van der Waals surface area contributed by atoms with Crippen molar-refractivity contribution in [2.45, 2.75) is 24.9 Å². The van der Waals surface area contributed by atoms with Crippen molar-refractivity contribution in [3.05, 3.63) is 29.3 Å². The molecule has 9 nitrogen and oxygen atoms in total. The fourth-order valence-corrected chi connectivity index (χ4v) is 3.21. The fourth-order valence-electron chi connectivity index (χ4n) is 2.94. The van der Waals surface area contributed by atoms with E-state index in [0.717, 1.165) is 5.56 Å². The second-order valence-electron chi connectivity index (χ2n) is 5.62. The molecule has 3 atom stereocenters. The number of nitrogens with two attached hydrogens (primary N) is 1. The van der Waals surface area contributed by atoms with Crippen molar-refractivity contribution in [1.82, 2.24) is 25.6 Å². The van der Waals surface area contributed by atoms with E-state index in [1.165, 1.54) is 0 Å². The molecule has 11 heteroatoms.